The normalized spacial score (nSPS) is 18.9. The number of thiazole rings is 1. The summed E-state index contributed by atoms with van der Waals surface area (Å²) < 4.78 is 39.5. The first-order chi connectivity index (χ1) is 19.4. The molecule has 0 spiro atoms. The SMILES string of the molecule is O=C(Nc1nc2ccc(S(=O)(=O)N3CC[C@H](O)C3)cc2s1)c1cc2ccccc2cc1OCCN1CCOCC1. The fraction of sp³-hybridized carbons (Fsp3) is 0.357. The molecule has 10 nitrogen and oxygen atoms in total. The molecular formula is C28H30N4O6S2. The third-order valence-corrected chi connectivity index (χ3v) is 10.0. The third kappa shape index (κ3) is 5.69. The van der Waals surface area contributed by atoms with E-state index in [1.54, 1.807) is 12.1 Å². The van der Waals surface area contributed by atoms with Gasteiger partial charge in [-0.1, -0.05) is 35.6 Å². The molecule has 2 N–H and O–H groups in total. The van der Waals surface area contributed by atoms with Gasteiger partial charge in [0.05, 0.1) is 40.0 Å². The standard InChI is InChI=1S/C28H30N4O6S2/c33-21-7-8-32(18-21)40(35,36)22-5-6-24-26(17-22)39-28(29-24)30-27(34)23-15-19-3-1-2-4-20(19)16-25(23)38-14-11-31-9-12-37-13-10-31/h1-6,15-17,21,33H,7-14,18H2,(H,29,30,34)/t21-/m0/s1. The Morgan fingerprint density at radius 2 is 1.88 bits per heavy atom. The van der Waals surface area contributed by atoms with E-state index in [4.69, 9.17) is 9.47 Å². The summed E-state index contributed by atoms with van der Waals surface area (Å²) in [6, 6.07) is 16.2. The Balaban J connectivity index is 1.22. The van der Waals surface area contributed by atoms with Crippen LogP contribution in [-0.2, 0) is 14.8 Å². The van der Waals surface area contributed by atoms with E-state index in [2.05, 4.69) is 15.2 Å². The number of carbonyl (C=O) groups is 1. The van der Waals surface area contributed by atoms with Gasteiger partial charge in [-0.15, -0.1) is 0 Å². The molecule has 0 radical (unpaired) electrons. The quantitative estimate of drug-likeness (QED) is 0.325. The van der Waals surface area contributed by atoms with E-state index < -0.39 is 16.1 Å². The van der Waals surface area contributed by atoms with Crippen LogP contribution in [0.2, 0.25) is 0 Å². The molecule has 0 aliphatic carbocycles. The number of anilines is 1. The average molecular weight is 583 g/mol. The van der Waals surface area contributed by atoms with Gasteiger partial charge in [-0.25, -0.2) is 13.4 Å². The maximum Gasteiger partial charge on any atom is 0.261 e. The van der Waals surface area contributed by atoms with Crippen molar-refractivity contribution in [1.29, 1.82) is 0 Å². The molecule has 2 aliphatic heterocycles. The molecular weight excluding hydrogens is 552 g/mol. The zero-order valence-electron chi connectivity index (χ0n) is 21.8. The molecule has 0 bridgehead atoms. The van der Waals surface area contributed by atoms with Crippen LogP contribution in [0.3, 0.4) is 0 Å². The summed E-state index contributed by atoms with van der Waals surface area (Å²) in [4.78, 5) is 20.4. The molecule has 6 rings (SSSR count). The van der Waals surface area contributed by atoms with Gasteiger partial charge in [0.2, 0.25) is 10.0 Å². The molecule has 2 aliphatic rings. The minimum Gasteiger partial charge on any atom is -0.491 e. The smallest absolute Gasteiger partial charge is 0.261 e. The topological polar surface area (TPSA) is 121 Å². The molecule has 40 heavy (non-hydrogen) atoms. The number of aromatic nitrogens is 1. The maximum atomic E-state index is 13.5. The molecule has 4 aromatic rings. The van der Waals surface area contributed by atoms with E-state index in [9.17, 15) is 18.3 Å². The molecule has 1 atom stereocenters. The molecule has 2 fully saturated rings. The number of nitrogens with zero attached hydrogens (tertiary/aromatic N) is 3. The number of sulfonamides is 1. The second kappa shape index (κ2) is 11.4. The lowest BCUT2D eigenvalue weighted by Crippen LogP contribution is -2.38. The number of hydrogen-bond donors (Lipinski definition) is 2. The van der Waals surface area contributed by atoms with Crippen LogP contribution in [0.1, 0.15) is 16.8 Å². The van der Waals surface area contributed by atoms with Crippen molar-refractivity contribution in [3.8, 4) is 5.75 Å². The number of benzene rings is 3. The first-order valence-corrected chi connectivity index (χ1v) is 15.5. The van der Waals surface area contributed by atoms with Gasteiger partial charge in [-0.05, 0) is 47.5 Å². The summed E-state index contributed by atoms with van der Waals surface area (Å²) in [5.74, 6) is 0.136. The molecule has 210 valence electrons. The lowest BCUT2D eigenvalue weighted by molar-refractivity contribution is 0.0322. The average Bonchev–Trinajstić information content (AvgIpc) is 3.58. The Morgan fingerprint density at radius 1 is 1.10 bits per heavy atom. The third-order valence-electron chi connectivity index (χ3n) is 7.21. The molecule has 1 aromatic heterocycles. The zero-order chi connectivity index (χ0) is 27.7. The number of rotatable bonds is 8. The summed E-state index contributed by atoms with van der Waals surface area (Å²) in [6.07, 6.45) is -0.224. The van der Waals surface area contributed by atoms with Crippen LogP contribution < -0.4 is 10.1 Å². The number of fused-ring (bicyclic) bond motifs is 2. The monoisotopic (exact) mass is 582 g/mol. The highest BCUT2D eigenvalue weighted by molar-refractivity contribution is 7.89. The fourth-order valence-corrected chi connectivity index (χ4v) is 7.48. The molecule has 3 heterocycles. The number of ether oxygens (including phenoxy) is 2. The number of morpholine rings is 1. The van der Waals surface area contributed by atoms with E-state index in [1.807, 2.05) is 36.4 Å². The number of amides is 1. The van der Waals surface area contributed by atoms with Crippen molar-refractivity contribution in [2.45, 2.75) is 17.4 Å². The van der Waals surface area contributed by atoms with Crippen molar-refractivity contribution < 1.29 is 27.8 Å². The van der Waals surface area contributed by atoms with E-state index in [0.717, 1.165) is 30.4 Å². The molecule has 1 amide bonds. The van der Waals surface area contributed by atoms with Gasteiger partial charge in [0.25, 0.3) is 5.91 Å². The highest BCUT2D eigenvalue weighted by Gasteiger charge is 2.32. The van der Waals surface area contributed by atoms with Crippen LogP contribution in [0.4, 0.5) is 5.13 Å². The van der Waals surface area contributed by atoms with Crippen molar-refractivity contribution in [2.24, 2.45) is 0 Å². The van der Waals surface area contributed by atoms with Crippen LogP contribution in [0, 0.1) is 0 Å². The lowest BCUT2D eigenvalue weighted by atomic mass is 10.1. The first kappa shape index (κ1) is 27.1. The Bertz CT molecular complexity index is 1650. The predicted octanol–water partition coefficient (Wildman–Crippen LogP) is 3.17. The second-order valence-electron chi connectivity index (χ2n) is 9.91. The predicted molar refractivity (Wildman–Crippen MR) is 154 cm³/mol. The van der Waals surface area contributed by atoms with Gasteiger partial charge < -0.3 is 14.6 Å². The number of carbonyl (C=O) groups excluding carboxylic acids is 1. The maximum absolute atomic E-state index is 13.5. The van der Waals surface area contributed by atoms with Crippen LogP contribution in [0.25, 0.3) is 21.0 Å². The van der Waals surface area contributed by atoms with Crippen LogP contribution >= 0.6 is 11.3 Å². The molecule has 0 unspecified atom stereocenters. The van der Waals surface area contributed by atoms with E-state index in [1.165, 1.54) is 21.7 Å². The minimum atomic E-state index is -3.73. The van der Waals surface area contributed by atoms with Crippen molar-refractivity contribution in [1.82, 2.24) is 14.2 Å². The van der Waals surface area contributed by atoms with Gasteiger partial charge in [-0.2, -0.15) is 4.31 Å². The van der Waals surface area contributed by atoms with Crippen LogP contribution in [0.15, 0.2) is 59.5 Å². The second-order valence-corrected chi connectivity index (χ2v) is 12.9. The minimum absolute atomic E-state index is 0.0903. The van der Waals surface area contributed by atoms with Crippen LogP contribution in [0.5, 0.6) is 5.75 Å². The number of aliphatic hydroxyl groups is 1. The molecule has 0 saturated carbocycles. The summed E-state index contributed by atoms with van der Waals surface area (Å²) >= 11 is 1.21. The lowest BCUT2D eigenvalue weighted by Gasteiger charge is -2.26. The summed E-state index contributed by atoms with van der Waals surface area (Å²) in [6.45, 7) is 4.67. The number of hydrogen-bond acceptors (Lipinski definition) is 9. The van der Waals surface area contributed by atoms with Crippen LogP contribution in [-0.4, -0.2) is 92.3 Å². The summed E-state index contributed by atoms with van der Waals surface area (Å²) in [5.41, 5.74) is 0.983. The fourth-order valence-electron chi connectivity index (χ4n) is 4.99. The molecule has 3 aromatic carbocycles. The van der Waals surface area contributed by atoms with Crippen molar-refractivity contribution in [3.63, 3.8) is 0 Å². The van der Waals surface area contributed by atoms with Gasteiger partial charge in [0, 0.05) is 32.7 Å². The van der Waals surface area contributed by atoms with Crippen molar-refractivity contribution >= 4 is 53.4 Å². The Labute approximate surface area is 236 Å². The van der Waals surface area contributed by atoms with E-state index in [0.29, 0.717) is 52.9 Å². The zero-order valence-corrected chi connectivity index (χ0v) is 23.4. The van der Waals surface area contributed by atoms with Gasteiger partial charge >= 0.3 is 0 Å². The van der Waals surface area contributed by atoms with Crippen molar-refractivity contribution in [3.05, 3.63) is 60.2 Å². The van der Waals surface area contributed by atoms with Gasteiger partial charge in [0.1, 0.15) is 12.4 Å². The number of nitrogens with one attached hydrogen (secondary N) is 1. The first-order valence-electron chi connectivity index (χ1n) is 13.2. The Kier molecular flexibility index (Phi) is 7.71. The van der Waals surface area contributed by atoms with Gasteiger partial charge in [0.15, 0.2) is 5.13 Å². The van der Waals surface area contributed by atoms with E-state index >= 15 is 0 Å². The highest BCUT2D eigenvalue weighted by Crippen LogP contribution is 2.32. The van der Waals surface area contributed by atoms with Gasteiger partial charge in [-0.3, -0.25) is 15.0 Å². The Morgan fingerprint density at radius 3 is 2.62 bits per heavy atom. The molecule has 2 saturated heterocycles. The largest absolute Gasteiger partial charge is 0.491 e. The Hall–Kier alpha value is -3.13. The highest BCUT2D eigenvalue weighted by atomic mass is 32.2. The molecule has 12 heteroatoms. The number of aliphatic hydroxyl groups excluding tert-OH is 1. The van der Waals surface area contributed by atoms with E-state index in [-0.39, 0.29) is 23.9 Å². The van der Waals surface area contributed by atoms with Crippen molar-refractivity contribution in [2.75, 3.05) is 57.9 Å². The number of β-amino-alcohol motifs (C(OH)–C–C–N with tert-alkyl or cyclic N) is 1. The summed E-state index contributed by atoms with van der Waals surface area (Å²) in [5, 5.41) is 14.9. The summed E-state index contributed by atoms with van der Waals surface area (Å²) in [7, 11) is -3.73.